The van der Waals surface area contributed by atoms with E-state index in [-0.39, 0.29) is 29.7 Å². The van der Waals surface area contributed by atoms with E-state index in [1.807, 2.05) is 11.6 Å². The molecule has 1 fully saturated rings. The fourth-order valence-electron chi connectivity index (χ4n) is 5.29. The van der Waals surface area contributed by atoms with Crippen LogP contribution in [0.4, 0.5) is 5.69 Å². The van der Waals surface area contributed by atoms with Crippen molar-refractivity contribution in [2.75, 3.05) is 5.32 Å². The molecule has 1 aliphatic rings. The summed E-state index contributed by atoms with van der Waals surface area (Å²) in [5, 5.41) is 12.2. The molecular formula is C28H37N5O2. The molecule has 4 rings (SSSR count). The molecule has 3 aromatic rings. The zero-order valence-corrected chi connectivity index (χ0v) is 21.5. The largest absolute Gasteiger partial charge is 0.381 e. The van der Waals surface area contributed by atoms with E-state index in [4.69, 9.17) is 0 Å². The summed E-state index contributed by atoms with van der Waals surface area (Å²) >= 11 is 0. The van der Waals surface area contributed by atoms with Crippen molar-refractivity contribution < 1.29 is 9.59 Å². The molecule has 0 unspecified atom stereocenters. The second-order valence-electron chi connectivity index (χ2n) is 9.84. The third-order valence-electron chi connectivity index (χ3n) is 7.38. The van der Waals surface area contributed by atoms with Gasteiger partial charge in [-0.2, -0.15) is 5.10 Å². The second kappa shape index (κ2) is 10.6. The normalized spacial score (nSPS) is 18.9. The zero-order valence-electron chi connectivity index (χ0n) is 21.5. The van der Waals surface area contributed by atoms with E-state index in [0.717, 1.165) is 54.4 Å². The molecule has 0 spiro atoms. The van der Waals surface area contributed by atoms with Gasteiger partial charge in [0.05, 0.1) is 28.9 Å². The van der Waals surface area contributed by atoms with Gasteiger partial charge in [-0.25, -0.2) is 9.67 Å². The Balaban J connectivity index is 1.64. The first-order valence-electron chi connectivity index (χ1n) is 12.8. The highest BCUT2D eigenvalue weighted by Gasteiger charge is 2.27. The monoisotopic (exact) mass is 475 g/mol. The van der Waals surface area contributed by atoms with Gasteiger partial charge in [-0.1, -0.05) is 30.7 Å². The van der Waals surface area contributed by atoms with Crippen LogP contribution in [-0.2, 0) is 11.3 Å². The van der Waals surface area contributed by atoms with Crippen LogP contribution >= 0.6 is 0 Å². The fourth-order valence-corrected chi connectivity index (χ4v) is 5.29. The number of aryl methyl sites for hydroxylation is 3. The number of fused-ring (bicyclic) bond motifs is 1. The number of carbonyl (C=O) groups excluding carboxylic acids is 2. The second-order valence-corrected chi connectivity index (χ2v) is 9.84. The van der Waals surface area contributed by atoms with Gasteiger partial charge in [0.1, 0.15) is 5.78 Å². The molecule has 1 saturated carbocycles. The molecule has 0 saturated heterocycles. The first-order valence-corrected chi connectivity index (χ1v) is 12.8. The van der Waals surface area contributed by atoms with Gasteiger partial charge in [-0.15, -0.1) is 0 Å². The summed E-state index contributed by atoms with van der Waals surface area (Å²) in [7, 11) is 0. The van der Waals surface area contributed by atoms with Crippen LogP contribution < -0.4 is 10.6 Å². The standard InChI is InChI=1S/C28H37N5O2/c1-6-25(22-13-8-17(3)14-18(22)4)32-28(35)24-15-29-27-23(16-30-33(27)7-2)26(24)31-21-11-9-20(10-12-21)19(5)34/h8,13-16,20-21,25H,6-7,9-12H2,1-5H3,(H,29,31)(H,32,35)/t20?,21?,25-/m1/s1. The van der Waals surface area contributed by atoms with Crippen LogP contribution in [0.3, 0.4) is 0 Å². The molecule has 2 aromatic heterocycles. The molecule has 0 bridgehead atoms. The van der Waals surface area contributed by atoms with Crippen LogP contribution in [-0.4, -0.2) is 32.5 Å². The first-order chi connectivity index (χ1) is 16.8. The Labute approximate surface area is 207 Å². The van der Waals surface area contributed by atoms with Gasteiger partial charge in [-0.05, 0) is 70.9 Å². The van der Waals surface area contributed by atoms with Crippen LogP contribution in [0.5, 0.6) is 0 Å². The van der Waals surface area contributed by atoms with Crippen LogP contribution in [0.2, 0.25) is 0 Å². The molecule has 186 valence electrons. The smallest absolute Gasteiger partial charge is 0.255 e. The molecule has 2 N–H and O–H groups in total. The van der Waals surface area contributed by atoms with Crippen molar-refractivity contribution in [3.8, 4) is 0 Å². The Hall–Kier alpha value is -3.22. The van der Waals surface area contributed by atoms with Gasteiger partial charge >= 0.3 is 0 Å². The number of hydrogen-bond acceptors (Lipinski definition) is 5. The maximum Gasteiger partial charge on any atom is 0.255 e. The van der Waals surface area contributed by atoms with Crippen molar-refractivity contribution in [3.05, 3.63) is 52.8 Å². The number of benzene rings is 1. The van der Waals surface area contributed by atoms with Gasteiger partial charge in [0, 0.05) is 24.7 Å². The maximum absolute atomic E-state index is 13.6. The number of pyridine rings is 1. The van der Waals surface area contributed by atoms with Crippen molar-refractivity contribution in [1.82, 2.24) is 20.1 Å². The lowest BCUT2D eigenvalue weighted by Gasteiger charge is -2.29. The van der Waals surface area contributed by atoms with E-state index >= 15 is 0 Å². The average molecular weight is 476 g/mol. The molecule has 2 heterocycles. The number of carbonyl (C=O) groups is 2. The van der Waals surface area contributed by atoms with Crippen LogP contribution in [0.1, 0.15) is 86.0 Å². The molecule has 1 amide bonds. The number of amides is 1. The van der Waals surface area contributed by atoms with Crippen molar-refractivity contribution in [2.45, 2.75) is 85.4 Å². The third kappa shape index (κ3) is 5.24. The average Bonchev–Trinajstić information content (AvgIpc) is 3.27. The molecule has 35 heavy (non-hydrogen) atoms. The SMILES string of the molecule is CC[C@@H](NC(=O)c1cnc2c(cnn2CC)c1NC1CCC(C(C)=O)CC1)c1ccc(C)cc1C. The number of aromatic nitrogens is 3. The predicted octanol–water partition coefficient (Wildman–Crippen LogP) is 5.51. The summed E-state index contributed by atoms with van der Waals surface area (Å²) in [6.07, 6.45) is 7.81. The van der Waals surface area contributed by atoms with Crippen LogP contribution in [0, 0.1) is 19.8 Å². The first kappa shape index (κ1) is 24.9. The Kier molecular flexibility index (Phi) is 7.53. The van der Waals surface area contributed by atoms with E-state index in [9.17, 15) is 9.59 Å². The Morgan fingerprint density at radius 3 is 2.49 bits per heavy atom. The predicted molar refractivity (Wildman–Crippen MR) is 140 cm³/mol. The number of ketones is 1. The number of nitrogens with one attached hydrogen (secondary N) is 2. The minimum Gasteiger partial charge on any atom is -0.381 e. The topological polar surface area (TPSA) is 88.9 Å². The molecular weight excluding hydrogens is 438 g/mol. The number of hydrogen-bond donors (Lipinski definition) is 2. The van der Waals surface area contributed by atoms with Gasteiger partial charge in [0.25, 0.3) is 5.91 Å². The zero-order chi connectivity index (χ0) is 25.1. The number of nitrogens with zero attached hydrogens (tertiary/aromatic N) is 3. The molecule has 0 radical (unpaired) electrons. The molecule has 1 atom stereocenters. The number of rotatable bonds is 8. The maximum atomic E-state index is 13.6. The Bertz CT molecular complexity index is 1220. The summed E-state index contributed by atoms with van der Waals surface area (Å²) in [4.78, 5) is 30.1. The quantitative estimate of drug-likeness (QED) is 0.448. The lowest BCUT2D eigenvalue weighted by Crippen LogP contribution is -2.32. The van der Waals surface area contributed by atoms with E-state index < -0.39 is 0 Å². The molecule has 1 aromatic carbocycles. The Morgan fingerprint density at radius 2 is 1.86 bits per heavy atom. The van der Waals surface area contributed by atoms with Crippen molar-refractivity contribution >= 4 is 28.4 Å². The lowest BCUT2D eigenvalue weighted by atomic mass is 9.84. The van der Waals surface area contributed by atoms with E-state index in [2.05, 4.69) is 59.7 Å². The lowest BCUT2D eigenvalue weighted by molar-refractivity contribution is -0.121. The molecule has 7 nitrogen and oxygen atoms in total. The van der Waals surface area contributed by atoms with Gasteiger partial charge in [-0.3, -0.25) is 9.59 Å². The highest BCUT2D eigenvalue weighted by Crippen LogP contribution is 2.32. The number of Topliss-reactive ketones (excluding diaryl/α,β-unsaturated/α-hetero) is 1. The van der Waals surface area contributed by atoms with Crippen LogP contribution in [0.25, 0.3) is 11.0 Å². The summed E-state index contributed by atoms with van der Waals surface area (Å²) in [5.74, 6) is 0.283. The molecule has 1 aliphatic carbocycles. The minimum atomic E-state index is -0.143. The summed E-state index contributed by atoms with van der Waals surface area (Å²) in [6, 6.07) is 6.47. The molecule has 0 aliphatic heterocycles. The number of anilines is 1. The van der Waals surface area contributed by atoms with Crippen molar-refractivity contribution in [3.63, 3.8) is 0 Å². The van der Waals surface area contributed by atoms with Crippen molar-refractivity contribution in [1.29, 1.82) is 0 Å². The summed E-state index contributed by atoms with van der Waals surface area (Å²) in [6.45, 7) is 10.7. The highest BCUT2D eigenvalue weighted by molar-refractivity contribution is 6.06. The van der Waals surface area contributed by atoms with Crippen molar-refractivity contribution in [2.24, 2.45) is 5.92 Å². The fraction of sp³-hybridized carbons (Fsp3) is 0.500. The summed E-state index contributed by atoms with van der Waals surface area (Å²) in [5.41, 5.74) is 5.61. The van der Waals surface area contributed by atoms with Gasteiger partial charge in [0.2, 0.25) is 0 Å². The van der Waals surface area contributed by atoms with Gasteiger partial charge < -0.3 is 10.6 Å². The highest BCUT2D eigenvalue weighted by atomic mass is 16.1. The van der Waals surface area contributed by atoms with E-state index in [1.165, 1.54) is 11.1 Å². The third-order valence-corrected chi connectivity index (χ3v) is 7.38. The minimum absolute atomic E-state index is 0.0870. The Morgan fingerprint density at radius 1 is 1.11 bits per heavy atom. The molecule has 7 heteroatoms. The van der Waals surface area contributed by atoms with E-state index in [1.54, 1.807) is 19.3 Å². The van der Waals surface area contributed by atoms with Crippen LogP contribution in [0.15, 0.2) is 30.6 Å². The van der Waals surface area contributed by atoms with Gasteiger partial charge in [0.15, 0.2) is 5.65 Å². The summed E-state index contributed by atoms with van der Waals surface area (Å²) < 4.78 is 1.85. The van der Waals surface area contributed by atoms with E-state index in [0.29, 0.717) is 12.1 Å².